The second-order valence-electron chi connectivity index (χ2n) is 5.78. The molecule has 0 saturated carbocycles. The highest BCUT2D eigenvalue weighted by Gasteiger charge is 2.19. The van der Waals surface area contributed by atoms with E-state index in [0.717, 1.165) is 5.56 Å². The summed E-state index contributed by atoms with van der Waals surface area (Å²) in [7, 11) is 0. The lowest BCUT2D eigenvalue weighted by Gasteiger charge is -2.11. The normalized spacial score (nSPS) is 12.2. The van der Waals surface area contributed by atoms with E-state index in [1.54, 1.807) is 48.4 Å². The Morgan fingerprint density at radius 3 is 2.80 bits per heavy atom. The lowest BCUT2D eigenvalue weighted by atomic mass is 10.2. The third kappa shape index (κ3) is 3.88. The highest BCUT2D eigenvalue weighted by Crippen LogP contribution is 2.21. The number of aromatic nitrogens is 4. The predicted molar refractivity (Wildman–Crippen MR) is 93.0 cm³/mol. The molecule has 3 rings (SSSR count). The van der Waals surface area contributed by atoms with E-state index >= 15 is 0 Å². The first kappa shape index (κ1) is 17.2. The zero-order valence-electron chi connectivity index (χ0n) is 13.8. The van der Waals surface area contributed by atoms with Crippen LogP contribution >= 0.6 is 11.6 Å². The number of aryl methyl sites for hydroxylation is 1. The number of benzene rings is 1. The largest absolute Gasteiger partial charge is 0.306 e. The molecule has 1 atom stereocenters. The number of nitrogens with zero attached hydrogens (tertiary/aromatic N) is 4. The molecule has 8 heteroatoms. The molecule has 0 aliphatic rings. The average Bonchev–Trinajstić information content (AvgIpc) is 3.15. The van der Waals surface area contributed by atoms with E-state index < -0.39 is 6.04 Å². The lowest BCUT2D eigenvalue weighted by molar-refractivity contribution is -0.119. The first-order valence-electron chi connectivity index (χ1n) is 7.72. The van der Waals surface area contributed by atoms with E-state index in [-0.39, 0.29) is 29.1 Å². The fraction of sp³-hybridized carbons (Fsp3) is 0.235. The fourth-order valence-corrected chi connectivity index (χ4v) is 2.55. The van der Waals surface area contributed by atoms with Crippen molar-refractivity contribution in [3.8, 4) is 0 Å². The Kier molecular flexibility index (Phi) is 4.85. The van der Waals surface area contributed by atoms with Crippen molar-refractivity contribution in [3.05, 3.63) is 64.8 Å². The maximum absolute atomic E-state index is 13.7. The number of hydrogen-bond acceptors (Lipinski definition) is 3. The van der Waals surface area contributed by atoms with Crippen LogP contribution in [0.15, 0.2) is 42.9 Å². The molecule has 0 fully saturated rings. The average molecular weight is 362 g/mol. The van der Waals surface area contributed by atoms with Crippen LogP contribution in [0.2, 0.25) is 5.02 Å². The summed E-state index contributed by atoms with van der Waals surface area (Å²) >= 11 is 6.14. The molecular weight excluding hydrogens is 345 g/mol. The summed E-state index contributed by atoms with van der Waals surface area (Å²) in [6.45, 7) is 3.84. The summed E-state index contributed by atoms with van der Waals surface area (Å²) < 4.78 is 16.8. The molecule has 25 heavy (non-hydrogen) atoms. The van der Waals surface area contributed by atoms with Gasteiger partial charge in [-0.2, -0.15) is 10.2 Å². The molecule has 0 bridgehead atoms. The van der Waals surface area contributed by atoms with Gasteiger partial charge in [0.05, 0.1) is 12.7 Å². The van der Waals surface area contributed by atoms with E-state index in [1.807, 2.05) is 6.92 Å². The van der Waals surface area contributed by atoms with Gasteiger partial charge in [0.2, 0.25) is 5.91 Å². The van der Waals surface area contributed by atoms with Gasteiger partial charge in [-0.3, -0.25) is 14.2 Å². The standard InChI is InChI=1S/C17H17ClFN5O/c1-11-7-20-24(8-11)12(2)17(25)21-16-14(18)10-23(22-16)9-13-5-3-4-6-15(13)19/h3-8,10,12H,9H2,1-2H3,(H,21,22,25). The van der Waals surface area contributed by atoms with Crippen LogP contribution in [-0.2, 0) is 11.3 Å². The zero-order valence-corrected chi connectivity index (χ0v) is 14.5. The van der Waals surface area contributed by atoms with Gasteiger partial charge in [-0.25, -0.2) is 4.39 Å². The number of rotatable bonds is 5. The van der Waals surface area contributed by atoms with E-state index in [0.29, 0.717) is 5.56 Å². The number of nitrogens with one attached hydrogen (secondary N) is 1. The Balaban J connectivity index is 1.72. The third-order valence-corrected chi connectivity index (χ3v) is 4.03. The molecular formula is C17H17ClFN5O. The Labute approximate surface area is 149 Å². The number of anilines is 1. The van der Waals surface area contributed by atoms with Crippen molar-refractivity contribution in [1.29, 1.82) is 0 Å². The molecule has 2 heterocycles. The summed E-state index contributed by atoms with van der Waals surface area (Å²) in [5.74, 6) is -0.373. The second kappa shape index (κ2) is 7.06. The smallest absolute Gasteiger partial charge is 0.250 e. The summed E-state index contributed by atoms with van der Waals surface area (Å²) in [5, 5.41) is 11.3. The van der Waals surface area contributed by atoms with Crippen molar-refractivity contribution in [1.82, 2.24) is 19.6 Å². The van der Waals surface area contributed by atoms with Crippen LogP contribution in [-0.4, -0.2) is 25.5 Å². The number of halogens is 2. The van der Waals surface area contributed by atoms with E-state index in [2.05, 4.69) is 15.5 Å². The Hall–Kier alpha value is -2.67. The molecule has 1 aromatic carbocycles. The van der Waals surface area contributed by atoms with Crippen LogP contribution in [0.1, 0.15) is 24.1 Å². The van der Waals surface area contributed by atoms with Crippen LogP contribution < -0.4 is 5.32 Å². The van der Waals surface area contributed by atoms with E-state index in [4.69, 9.17) is 11.6 Å². The predicted octanol–water partition coefficient (Wildman–Crippen LogP) is 3.43. The van der Waals surface area contributed by atoms with E-state index in [9.17, 15) is 9.18 Å². The minimum absolute atomic E-state index is 0.218. The van der Waals surface area contributed by atoms with Gasteiger partial charge in [0.15, 0.2) is 5.82 Å². The van der Waals surface area contributed by atoms with Gasteiger partial charge in [0.1, 0.15) is 16.9 Å². The number of carbonyl (C=O) groups is 1. The van der Waals surface area contributed by atoms with Crippen molar-refractivity contribution >= 4 is 23.3 Å². The Morgan fingerprint density at radius 2 is 2.12 bits per heavy atom. The van der Waals surface area contributed by atoms with Crippen LogP contribution in [0.4, 0.5) is 10.2 Å². The summed E-state index contributed by atoms with van der Waals surface area (Å²) in [4.78, 5) is 12.4. The third-order valence-electron chi connectivity index (χ3n) is 3.76. The minimum Gasteiger partial charge on any atom is -0.306 e. The molecule has 0 spiro atoms. The molecule has 0 saturated heterocycles. The van der Waals surface area contributed by atoms with Gasteiger partial charge in [0, 0.05) is 18.0 Å². The summed E-state index contributed by atoms with van der Waals surface area (Å²) in [6.07, 6.45) is 5.01. The SMILES string of the molecule is Cc1cnn(C(C)C(=O)Nc2nn(Cc3ccccc3F)cc2Cl)c1. The summed E-state index contributed by atoms with van der Waals surface area (Å²) in [6, 6.07) is 5.92. The molecule has 130 valence electrons. The topological polar surface area (TPSA) is 64.7 Å². The fourth-order valence-electron chi connectivity index (χ4n) is 2.35. The molecule has 3 aromatic rings. The van der Waals surface area contributed by atoms with Gasteiger partial charge < -0.3 is 5.32 Å². The van der Waals surface area contributed by atoms with Crippen molar-refractivity contribution in [3.63, 3.8) is 0 Å². The van der Waals surface area contributed by atoms with Crippen molar-refractivity contribution in [2.75, 3.05) is 5.32 Å². The first-order chi connectivity index (χ1) is 11.9. The van der Waals surface area contributed by atoms with Gasteiger partial charge in [-0.15, -0.1) is 0 Å². The molecule has 1 N–H and O–H groups in total. The molecule has 6 nitrogen and oxygen atoms in total. The number of carbonyl (C=O) groups excluding carboxylic acids is 1. The maximum atomic E-state index is 13.7. The molecule has 0 aliphatic heterocycles. The van der Waals surface area contributed by atoms with Gasteiger partial charge in [-0.05, 0) is 25.5 Å². The molecule has 1 unspecified atom stereocenters. The quantitative estimate of drug-likeness (QED) is 0.757. The molecule has 2 aromatic heterocycles. The van der Waals surface area contributed by atoms with Crippen LogP contribution in [0.5, 0.6) is 0 Å². The van der Waals surface area contributed by atoms with Crippen LogP contribution in [0.3, 0.4) is 0 Å². The van der Waals surface area contributed by atoms with Crippen molar-refractivity contribution < 1.29 is 9.18 Å². The Bertz CT molecular complexity index is 904. The van der Waals surface area contributed by atoms with Gasteiger partial charge in [0.25, 0.3) is 0 Å². The van der Waals surface area contributed by atoms with Crippen molar-refractivity contribution in [2.45, 2.75) is 26.4 Å². The van der Waals surface area contributed by atoms with Crippen LogP contribution in [0, 0.1) is 12.7 Å². The Morgan fingerprint density at radius 1 is 1.36 bits per heavy atom. The maximum Gasteiger partial charge on any atom is 0.250 e. The molecule has 0 aliphatic carbocycles. The monoisotopic (exact) mass is 361 g/mol. The lowest BCUT2D eigenvalue weighted by Crippen LogP contribution is -2.24. The molecule has 1 amide bonds. The van der Waals surface area contributed by atoms with Crippen LogP contribution in [0.25, 0.3) is 0 Å². The number of hydrogen-bond donors (Lipinski definition) is 1. The highest BCUT2D eigenvalue weighted by atomic mass is 35.5. The van der Waals surface area contributed by atoms with Gasteiger partial charge >= 0.3 is 0 Å². The number of amides is 1. The minimum atomic E-state index is -0.513. The highest BCUT2D eigenvalue weighted by molar-refractivity contribution is 6.33. The summed E-state index contributed by atoms with van der Waals surface area (Å²) in [5.41, 5.74) is 1.45. The van der Waals surface area contributed by atoms with E-state index in [1.165, 1.54) is 10.7 Å². The van der Waals surface area contributed by atoms with Crippen molar-refractivity contribution in [2.24, 2.45) is 0 Å². The molecule has 0 radical (unpaired) electrons. The second-order valence-corrected chi connectivity index (χ2v) is 6.18. The zero-order chi connectivity index (χ0) is 18.0. The first-order valence-corrected chi connectivity index (χ1v) is 8.10. The van der Waals surface area contributed by atoms with Gasteiger partial charge in [-0.1, -0.05) is 29.8 Å².